The fraction of sp³-hybridized carbons (Fsp3) is 0.909. The van der Waals surface area contributed by atoms with Gasteiger partial charge in [0.2, 0.25) is 0 Å². The minimum atomic E-state index is -1.69. The Balaban J connectivity index is 2.52. The lowest BCUT2D eigenvalue weighted by molar-refractivity contribution is -0.108. The average molecular weight is 228 g/mol. The lowest BCUT2D eigenvalue weighted by Crippen LogP contribution is -2.44. The molecule has 0 N–H and O–H groups in total. The molecule has 88 valence electrons. The molecule has 15 heavy (non-hydrogen) atoms. The van der Waals surface area contributed by atoms with E-state index in [0.717, 1.165) is 12.7 Å². The summed E-state index contributed by atoms with van der Waals surface area (Å²) < 4.78 is 6.18. The molecule has 0 saturated carbocycles. The predicted octanol–water partition coefficient (Wildman–Crippen LogP) is 2.72. The van der Waals surface area contributed by atoms with Gasteiger partial charge in [0.05, 0.1) is 0 Å². The number of carbonyl (C=O) groups is 1. The van der Waals surface area contributed by atoms with Gasteiger partial charge in [0, 0.05) is 6.10 Å². The fourth-order valence-corrected chi connectivity index (χ4v) is 2.81. The van der Waals surface area contributed by atoms with Crippen molar-refractivity contribution in [3.8, 4) is 0 Å². The Kier molecular flexibility index (Phi) is 3.74. The number of hydrogen-bond donors (Lipinski definition) is 0. The second kappa shape index (κ2) is 4.35. The molecule has 0 aromatic carbocycles. The Morgan fingerprint density at radius 1 is 1.40 bits per heavy atom. The molecule has 0 aliphatic carbocycles. The summed E-state index contributed by atoms with van der Waals surface area (Å²) in [6.07, 6.45) is 1.87. The van der Waals surface area contributed by atoms with Crippen molar-refractivity contribution in [3.63, 3.8) is 0 Å². The van der Waals surface area contributed by atoms with Crippen molar-refractivity contribution >= 4 is 14.6 Å². The smallest absolute Gasteiger partial charge is 0.192 e. The molecule has 0 unspecified atom stereocenters. The molecule has 2 atom stereocenters. The second-order valence-corrected chi connectivity index (χ2v) is 10.6. The molecule has 0 amide bonds. The highest BCUT2D eigenvalue weighted by Crippen LogP contribution is 2.38. The van der Waals surface area contributed by atoms with Crippen LogP contribution in [0.5, 0.6) is 0 Å². The molecule has 3 nitrogen and oxygen atoms in total. The number of nitrogens with zero attached hydrogens (tertiary/aromatic N) is 1. The van der Waals surface area contributed by atoms with Gasteiger partial charge in [0.1, 0.15) is 6.29 Å². The maximum atomic E-state index is 10.6. The van der Waals surface area contributed by atoms with Crippen LogP contribution in [0.2, 0.25) is 18.1 Å². The monoisotopic (exact) mass is 228 g/mol. The first-order valence-electron chi connectivity index (χ1n) is 5.56. The molecule has 1 rings (SSSR count). The van der Waals surface area contributed by atoms with Crippen molar-refractivity contribution in [2.45, 2.75) is 57.5 Å². The van der Waals surface area contributed by atoms with E-state index in [0.29, 0.717) is 6.54 Å². The summed E-state index contributed by atoms with van der Waals surface area (Å²) in [7, 11) is -1.69. The number of aldehydes is 1. The predicted molar refractivity (Wildman–Crippen MR) is 64.8 cm³/mol. The Labute approximate surface area is 93.7 Å². The van der Waals surface area contributed by atoms with Crippen LogP contribution in [-0.4, -0.2) is 33.3 Å². The van der Waals surface area contributed by atoms with Gasteiger partial charge in [-0.05, 0) is 24.6 Å². The average Bonchev–Trinajstić information content (AvgIpc) is 2.49. The van der Waals surface area contributed by atoms with E-state index in [1.807, 2.05) is 0 Å². The Morgan fingerprint density at radius 2 is 2.00 bits per heavy atom. The highest BCUT2D eigenvalue weighted by atomic mass is 28.4. The molecular formula is C11H22NO2Si-. The number of carbonyl (C=O) groups excluding carboxylic acids is 1. The third-order valence-corrected chi connectivity index (χ3v) is 8.01. The summed E-state index contributed by atoms with van der Waals surface area (Å²) in [5.74, 6) is 0. The van der Waals surface area contributed by atoms with Crippen molar-refractivity contribution in [1.29, 1.82) is 0 Å². The Bertz CT molecular complexity index is 235. The van der Waals surface area contributed by atoms with E-state index in [2.05, 4.69) is 39.2 Å². The number of rotatable bonds is 3. The molecule has 0 aromatic rings. The lowest BCUT2D eigenvalue weighted by Gasteiger charge is -2.39. The number of hydrogen-bond acceptors (Lipinski definition) is 2. The fourth-order valence-electron chi connectivity index (χ4n) is 1.45. The highest BCUT2D eigenvalue weighted by molar-refractivity contribution is 6.74. The normalized spacial score (nSPS) is 28.1. The van der Waals surface area contributed by atoms with Crippen LogP contribution >= 0.6 is 0 Å². The van der Waals surface area contributed by atoms with Crippen LogP contribution in [0.15, 0.2) is 0 Å². The van der Waals surface area contributed by atoms with Crippen molar-refractivity contribution in [2.24, 2.45) is 0 Å². The summed E-state index contributed by atoms with van der Waals surface area (Å²) >= 11 is 0. The van der Waals surface area contributed by atoms with Crippen molar-refractivity contribution < 1.29 is 9.22 Å². The standard InChI is InChI=1S/C11H22NO2Si/c1-11(2,3)15(4,5)14-10-6-9(8-13)12-7-10/h8-10H,6-7H2,1-5H3/q-1/t9-,10-/m0/s1. The van der Waals surface area contributed by atoms with Crippen LogP contribution in [0.1, 0.15) is 27.2 Å². The highest BCUT2D eigenvalue weighted by Gasteiger charge is 2.39. The first-order chi connectivity index (χ1) is 6.76. The third kappa shape index (κ3) is 3.13. The lowest BCUT2D eigenvalue weighted by atomic mass is 10.2. The van der Waals surface area contributed by atoms with Gasteiger partial charge < -0.3 is 14.5 Å². The first-order valence-corrected chi connectivity index (χ1v) is 8.47. The van der Waals surface area contributed by atoms with Gasteiger partial charge >= 0.3 is 0 Å². The summed E-state index contributed by atoms with van der Waals surface area (Å²) in [6.45, 7) is 11.8. The van der Waals surface area contributed by atoms with Crippen molar-refractivity contribution in [2.75, 3.05) is 6.54 Å². The summed E-state index contributed by atoms with van der Waals surface area (Å²) in [6, 6.07) is -0.125. The van der Waals surface area contributed by atoms with Gasteiger partial charge in [-0.3, -0.25) is 0 Å². The molecule has 1 saturated heterocycles. The largest absolute Gasteiger partial charge is 0.651 e. The van der Waals surface area contributed by atoms with E-state index in [1.54, 1.807) is 0 Å². The molecular weight excluding hydrogens is 206 g/mol. The minimum Gasteiger partial charge on any atom is -0.651 e. The SMILES string of the molecule is CC(C)(C)[Si](C)(C)O[C@@H]1C[N-][C@H](C=O)C1. The van der Waals surface area contributed by atoms with E-state index >= 15 is 0 Å². The zero-order valence-corrected chi connectivity index (χ0v) is 11.4. The van der Waals surface area contributed by atoms with E-state index in [1.165, 1.54) is 0 Å². The topological polar surface area (TPSA) is 40.4 Å². The van der Waals surface area contributed by atoms with Crippen LogP contribution in [0.25, 0.3) is 5.32 Å². The van der Waals surface area contributed by atoms with E-state index in [4.69, 9.17) is 4.43 Å². The van der Waals surface area contributed by atoms with Crippen molar-refractivity contribution in [1.82, 2.24) is 0 Å². The zero-order chi connectivity index (χ0) is 11.7. The molecule has 4 heteroatoms. The Morgan fingerprint density at radius 3 is 2.40 bits per heavy atom. The van der Waals surface area contributed by atoms with Crippen LogP contribution in [0.3, 0.4) is 0 Å². The van der Waals surface area contributed by atoms with Gasteiger partial charge in [-0.15, -0.1) is 6.54 Å². The quantitative estimate of drug-likeness (QED) is 0.550. The molecule has 1 heterocycles. The van der Waals surface area contributed by atoms with Crippen LogP contribution < -0.4 is 0 Å². The minimum absolute atomic E-state index is 0.125. The first kappa shape index (κ1) is 12.9. The van der Waals surface area contributed by atoms with Gasteiger partial charge in [-0.2, -0.15) is 0 Å². The maximum Gasteiger partial charge on any atom is 0.192 e. The summed E-state index contributed by atoms with van der Waals surface area (Å²) in [4.78, 5) is 10.6. The molecule has 0 aromatic heterocycles. The van der Waals surface area contributed by atoms with Crippen LogP contribution in [-0.2, 0) is 9.22 Å². The molecule has 1 fully saturated rings. The molecule has 0 radical (unpaired) electrons. The van der Waals surface area contributed by atoms with Crippen molar-refractivity contribution in [3.05, 3.63) is 5.32 Å². The molecule has 1 aliphatic heterocycles. The van der Waals surface area contributed by atoms with E-state index in [-0.39, 0.29) is 17.2 Å². The third-order valence-electron chi connectivity index (χ3n) is 3.47. The zero-order valence-electron chi connectivity index (χ0n) is 10.4. The second-order valence-electron chi connectivity index (χ2n) is 5.80. The van der Waals surface area contributed by atoms with Gasteiger partial charge in [-0.1, -0.05) is 26.8 Å². The maximum absolute atomic E-state index is 10.6. The van der Waals surface area contributed by atoms with E-state index < -0.39 is 8.32 Å². The summed E-state index contributed by atoms with van der Waals surface area (Å²) in [5, 5.41) is 4.46. The molecule has 0 spiro atoms. The van der Waals surface area contributed by atoms with Gasteiger partial charge in [0.15, 0.2) is 8.32 Å². The molecule has 1 aliphatic rings. The van der Waals surface area contributed by atoms with Gasteiger partial charge in [-0.25, -0.2) is 0 Å². The van der Waals surface area contributed by atoms with Crippen LogP contribution in [0.4, 0.5) is 0 Å². The van der Waals surface area contributed by atoms with Crippen LogP contribution in [0, 0.1) is 0 Å². The summed E-state index contributed by atoms with van der Waals surface area (Å²) in [5.41, 5.74) is 0. The molecule has 0 bridgehead atoms. The Hall–Kier alpha value is -0.193. The van der Waals surface area contributed by atoms with Gasteiger partial charge in [0.25, 0.3) is 0 Å². The van der Waals surface area contributed by atoms with E-state index in [9.17, 15) is 4.79 Å².